The number of carbonyl (C=O) groups excluding carboxylic acids is 1. The van der Waals surface area contributed by atoms with Crippen molar-refractivity contribution in [2.24, 2.45) is 0 Å². The van der Waals surface area contributed by atoms with Gasteiger partial charge in [0, 0.05) is 44.2 Å². The molecule has 0 saturated carbocycles. The molecule has 0 aliphatic rings. The van der Waals surface area contributed by atoms with Crippen LogP contribution in [0.3, 0.4) is 0 Å². The predicted molar refractivity (Wildman–Crippen MR) is 103 cm³/mol. The zero-order valence-corrected chi connectivity index (χ0v) is 15.6. The first kappa shape index (κ1) is 18.2. The number of amides is 1. The summed E-state index contributed by atoms with van der Waals surface area (Å²) in [7, 11) is 4.01. The summed E-state index contributed by atoms with van der Waals surface area (Å²) in [5.41, 5.74) is 3.28. The summed E-state index contributed by atoms with van der Waals surface area (Å²) in [6.07, 6.45) is 4.18. The van der Waals surface area contributed by atoms with Crippen molar-refractivity contribution in [2.45, 2.75) is 26.2 Å². The third-order valence-corrected chi connectivity index (χ3v) is 4.56. The Morgan fingerprint density at radius 2 is 2.00 bits per heavy atom. The molecular weight excluding hydrogens is 318 g/mol. The van der Waals surface area contributed by atoms with E-state index in [1.807, 2.05) is 49.3 Å². The van der Waals surface area contributed by atoms with Gasteiger partial charge in [-0.1, -0.05) is 26.0 Å². The van der Waals surface area contributed by atoms with Crippen LogP contribution in [0.15, 0.2) is 35.7 Å². The number of carbonyl (C=O) groups is 1. The van der Waals surface area contributed by atoms with E-state index in [1.54, 1.807) is 17.4 Å². The van der Waals surface area contributed by atoms with E-state index in [-0.39, 0.29) is 5.91 Å². The van der Waals surface area contributed by atoms with Crippen molar-refractivity contribution in [3.8, 4) is 0 Å². The monoisotopic (exact) mass is 343 g/mol. The van der Waals surface area contributed by atoms with Crippen molar-refractivity contribution in [2.75, 3.05) is 25.5 Å². The van der Waals surface area contributed by atoms with Crippen LogP contribution in [0.2, 0.25) is 0 Å². The summed E-state index contributed by atoms with van der Waals surface area (Å²) in [6.45, 7) is 4.88. The van der Waals surface area contributed by atoms with Crippen LogP contribution in [0.1, 0.15) is 36.0 Å². The second-order valence-corrected chi connectivity index (χ2v) is 7.12. The van der Waals surface area contributed by atoms with Crippen LogP contribution in [-0.2, 0) is 11.2 Å². The molecule has 0 radical (unpaired) electrons. The van der Waals surface area contributed by atoms with Gasteiger partial charge in [0.25, 0.3) is 0 Å². The van der Waals surface area contributed by atoms with Crippen molar-refractivity contribution in [1.82, 2.24) is 10.3 Å². The first-order valence-corrected chi connectivity index (χ1v) is 9.01. The van der Waals surface area contributed by atoms with Gasteiger partial charge >= 0.3 is 0 Å². The van der Waals surface area contributed by atoms with Crippen molar-refractivity contribution in [1.29, 1.82) is 0 Å². The molecule has 1 aromatic heterocycles. The van der Waals surface area contributed by atoms with Crippen LogP contribution in [-0.4, -0.2) is 31.5 Å². The Balaban J connectivity index is 1.77. The lowest BCUT2D eigenvalue weighted by molar-refractivity contribution is -0.116. The number of benzene rings is 1. The molecule has 1 aromatic carbocycles. The molecule has 0 spiro atoms. The molecule has 24 heavy (non-hydrogen) atoms. The Labute approximate surface area is 148 Å². The highest BCUT2D eigenvalue weighted by Crippen LogP contribution is 2.17. The minimum absolute atomic E-state index is 0.0766. The van der Waals surface area contributed by atoms with E-state index < -0.39 is 0 Å². The minimum atomic E-state index is -0.0766. The van der Waals surface area contributed by atoms with Gasteiger partial charge in [-0.15, -0.1) is 11.3 Å². The zero-order chi connectivity index (χ0) is 17.5. The molecule has 0 aliphatic heterocycles. The topological polar surface area (TPSA) is 45.2 Å². The molecule has 0 aliphatic carbocycles. The Kier molecular flexibility index (Phi) is 6.55. The van der Waals surface area contributed by atoms with Crippen LogP contribution >= 0.6 is 11.3 Å². The molecule has 2 rings (SSSR count). The minimum Gasteiger partial charge on any atom is -0.378 e. The SMILES string of the molecule is CC(C)c1csc(CCNC(=O)/C=C/c2ccc(N(C)C)cc2)n1. The molecule has 0 unspecified atom stereocenters. The summed E-state index contributed by atoms with van der Waals surface area (Å²) < 4.78 is 0. The predicted octanol–water partition coefficient (Wildman–Crippen LogP) is 3.70. The number of nitrogens with zero attached hydrogens (tertiary/aromatic N) is 2. The molecule has 0 atom stereocenters. The second kappa shape index (κ2) is 8.64. The summed E-state index contributed by atoms with van der Waals surface area (Å²) >= 11 is 1.66. The van der Waals surface area contributed by atoms with Crippen molar-refractivity contribution < 1.29 is 4.79 Å². The average Bonchev–Trinajstić information content (AvgIpc) is 3.02. The first-order valence-electron chi connectivity index (χ1n) is 8.13. The second-order valence-electron chi connectivity index (χ2n) is 6.18. The molecule has 1 amide bonds. The molecule has 1 heterocycles. The highest BCUT2D eigenvalue weighted by molar-refractivity contribution is 7.09. The van der Waals surface area contributed by atoms with Crippen LogP contribution < -0.4 is 10.2 Å². The zero-order valence-electron chi connectivity index (χ0n) is 14.7. The molecular formula is C19H25N3OS. The van der Waals surface area contributed by atoms with E-state index in [9.17, 15) is 4.79 Å². The van der Waals surface area contributed by atoms with E-state index in [0.717, 1.165) is 28.4 Å². The molecule has 0 fully saturated rings. The summed E-state index contributed by atoms with van der Waals surface area (Å²) in [6, 6.07) is 8.07. The van der Waals surface area contributed by atoms with Gasteiger partial charge in [-0.05, 0) is 29.7 Å². The van der Waals surface area contributed by atoms with E-state index in [0.29, 0.717) is 12.5 Å². The maximum Gasteiger partial charge on any atom is 0.244 e. The van der Waals surface area contributed by atoms with Gasteiger partial charge in [0.15, 0.2) is 0 Å². The highest BCUT2D eigenvalue weighted by Gasteiger charge is 2.05. The van der Waals surface area contributed by atoms with Gasteiger partial charge in [-0.2, -0.15) is 0 Å². The van der Waals surface area contributed by atoms with Gasteiger partial charge in [0.2, 0.25) is 5.91 Å². The lowest BCUT2D eigenvalue weighted by atomic mass is 10.2. The number of aromatic nitrogens is 1. The van der Waals surface area contributed by atoms with Crippen LogP contribution in [0.25, 0.3) is 6.08 Å². The van der Waals surface area contributed by atoms with Crippen LogP contribution in [0, 0.1) is 0 Å². The van der Waals surface area contributed by atoms with E-state index in [1.165, 1.54) is 0 Å². The summed E-state index contributed by atoms with van der Waals surface area (Å²) in [5, 5.41) is 6.07. The van der Waals surface area contributed by atoms with E-state index in [4.69, 9.17) is 0 Å². The van der Waals surface area contributed by atoms with Gasteiger partial charge in [-0.3, -0.25) is 4.79 Å². The Hall–Kier alpha value is -2.14. The third kappa shape index (κ3) is 5.49. The molecule has 5 heteroatoms. The van der Waals surface area contributed by atoms with Crippen molar-refractivity contribution in [3.63, 3.8) is 0 Å². The molecule has 1 N–H and O–H groups in total. The summed E-state index contributed by atoms with van der Waals surface area (Å²) in [4.78, 5) is 18.5. The quantitative estimate of drug-likeness (QED) is 0.780. The number of anilines is 1. The van der Waals surface area contributed by atoms with Gasteiger partial charge in [0.05, 0.1) is 10.7 Å². The number of nitrogens with one attached hydrogen (secondary N) is 1. The first-order chi connectivity index (χ1) is 11.5. The van der Waals surface area contributed by atoms with Crippen LogP contribution in [0.4, 0.5) is 5.69 Å². The van der Waals surface area contributed by atoms with Crippen molar-refractivity contribution >= 4 is 29.0 Å². The molecule has 128 valence electrons. The standard InChI is InChI=1S/C19H25N3OS/c1-14(2)17-13-24-19(21-17)11-12-20-18(23)10-7-15-5-8-16(9-6-15)22(3)4/h5-10,13-14H,11-12H2,1-4H3,(H,20,23)/b10-7+. The average molecular weight is 343 g/mol. The van der Waals surface area contributed by atoms with Gasteiger partial charge < -0.3 is 10.2 Å². The fraction of sp³-hybridized carbons (Fsp3) is 0.368. The fourth-order valence-corrected chi connectivity index (χ4v) is 3.07. The highest BCUT2D eigenvalue weighted by atomic mass is 32.1. The van der Waals surface area contributed by atoms with E-state index >= 15 is 0 Å². The molecule has 4 nitrogen and oxygen atoms in total. The Bertz CT molecular complexity index is 687. The number of rotatable bonds is 7. The van der Waals surface area contributed by atoms with Gasteiger partial charge in [-0.25, -0.2) is 4.98 Å². The number of hydrogen-bond donors (Lipinski definition) is 1. The maximum absolute atomic E-state index is 11.9. The number of hydrogen-bond acceptors (Lipinski definition) is 4. The maximum atomic E-state index is 11.9. The Morgan fingerprint density at radius 3 is 2.58 bits per heavy atom. The van der Waals surface area contributed by atoms with Gasteiger partial charge in [0.1, 0.15) is 0 Å². The third-order valence-electron chi connectivity index (χ3n) is 3.64. The van der Waals surface area contributed by atoms with Crippen molar-refractivity contribution in [3.05, 3.63) is 52.0 Å². The largest absolute Gasteiger partial charge is 0.378 e. The lowest BCUT2D eigenvalue weighted by Crippen LogP contribution is -2.23. The molecule has 2 aromatic rings. The lowest BCUT2D eigenvalue weighted by Gasteiger charge is -2.11. The number of thiazole rings is 1. The Morgan fingerprint density at radius 1 is 1.29 bits per heavy atom. The normalized spacial score (nSPS) is 11.2. The fourth-order valence-electron chi connectivity index (χ4n) is 2.11. The summed E-state index contributed by atoms with van der Waals surface area (Å²) in [5.74, 6) is 0.374. The smallest absolute Gasteiger partial charge is 0.244 e. The van der Waals surface area contributed by atoms with E-state index in [2.05, 4.69) is 29.5 Å². The molecule has 0 saturated heterocycles. The molecule has 0 bridgehead atoms. The van der Waals surface area contributed by atoms with Crippen LogP contribution in [0.5, 0.6) is 0 Å².